The summed E-state index contributed by atoms with van der Waals surface area (Å²) in [5, 5.41) is 4.33. The summed E-state index contributed by atoms with van der Waals surface area (Å²) in [4.78, 5) is 24.3. The van der Waals surface area contributed by atoms with Crippen molar-refractivity contribution in [3.63, 3.8) is 0 Å². The summed E-state index contributed by atoms with van der Waals surface area (Å²) < 4.78 is 1.43. The minimum Gasteiger partial charge on any atom is -0.350 e. The third-order valence-electron chi connectivity index (χ3n) is 3.53. The number of hydrogen-bond donors (Lipinski definition) is 1. The van der Waals surface area contributed by atoms with Gasteiger partial charge in [0.2, 0.25) is 5.91 Å². The molecule has 3 rings (SSSR count). The summed E-state index contributed by atoms with van der Waals surface area (Å²) >= 11 is 0. The van der Waals surface area contributed by atoms with E-state index in [1.54, 1.807) is 12.3 Å². The van der Waals surface area contributed by atoms with E-state index in [0.717, 1.165) is 10.9 Å². The number of carbonyl (C=O) groups excluding carboxylic acids is 1. The van der Waals surface area contributed by atoms with Gasteiger partial charge < -0.3 is 9.88 Å². The molecule has 0 fully saturated rings. The lowest BCUT2D eigenvalue weighted by atomic mass is 10.2. The maximum atomic E-state index is 12.3. The molecule has 0 bridgehead atoms. The summed E-state index contributed by atoms with van der Waals surface area (Å²) in [6.45, 7) is 0.485. The zero-order valence-corrected chi connectivity index (χ0v) is 12.0. The highest BCUT2D eigenvalue weighted by Crippen LogP contribution is 2.07. The van der Waals surface area contributed by atoms with E-state index in [1.165, 1.54) is 4.57 Å². The summed E-state index contributed by atoms with van der Waals surface area (Å²) in [5.74, 6) is -0.179. The van der Waals surface area contributed by atoms with Crippen LogP contribution in [0.4, 0.5) is 0 Å². The number of carbonyl (C=O) groups is 1. The van der Waals surface area contributed by atoms with Crippen molar-refractivity contribution in [1.29, 1.82) is 0 Å². The number of benzene rings is 2. The fourth-order valence-electron chi connectivity index (χ4n) is 2.36. The zero-order chi connectivity index (χ0) is 15.4. The van der Waals surface area contributed by atoms with Crippen molar-refractivity contribution in [2.45, 2.75) is 13.1 Å². The molecule has 1 N–H and O–H groups in total. The van der Waals surface area contributed by atoms with Crippen molar-refractivity contribution in [1.82, 2.24) is 9.88 Å². The van der Waals surface area contributed by atoms with Crippen molar-refractivity contribution >= 4 is 16.7 Å². The SMILES string of the molecule is O=C(Cn1ccc2ccccc2c1=O)NCc1ccccc1. The Balaban J connectivity index is 1.72. The number of amides is 1. The number of aromatic nitrogens is 1. The van der Waals surface area contributed by atoms with E-state index in [9.17, 15) is 9.59 Å². The van der Waals surface area contributed by atoms with Crippen LogP contribution < -0.4 is 10.9 Å². The molecule has 1 heterocycles. The molecule has 0 atom stereocenters. The second kappa shape index (κ2) is 6.26. The minimum absolute atomic E-state index is 0.0243. The number of nitrogens with one attached hydrogen (secondary N) is 1. The Morgan fingerprint density at radius 3 is 2.50 bits per heavy atom. The topological polar surface area (TPSA) is 51.1 Å². The molecule has 0 saturated carbocycles. The van der Waals surface area contributed by atoms with Gasteiger partial charge in [0, 0.05) is 18.1 Å². The lowest BCUT2D eigenvalue weighted by molar-refractivity contribution is -0.121. The molecule has 0 unspecified atom stereocenters. The van der Waals surface area contributed by atoms with Gasteiger partial charge >= 0.3 is 0 Å². The Morgan fingerprint density at radius 1 is 0.955 bits per heavy atom. The highest BCUT2D eigenvalue weighted by atomic mass is 16.2. The summed E-state index contributed by atoms with van der Waals surface area (Å²) in [6.07, 6.45) is 1.66. The maximum Gasteiger partial charge on any atom is 0.258 e. The minimum atomic E-state index is -0.179. The molecule has 0 radical (unpaired) electrons. The van der Waals surface area contributed by atoms with Gasteiger partial charge in [0.1, 0.15) is 6.54 Å². The number of nitrogens with zero attached hydrogens (tertiary/aromatic N) is 1. The predicted octanol–water partition coefficient (Wildman–Crippen LogP) is 2.32. The van der Waals surface area contributed by atoms with Crippen LogP contribution in [0.25, 0.3) is 10.8 Å². The van der Waals surface area contributed by atoms with Gasteiger partial charge in [-0.25, -0.2) is 0 Å². The van der Waals surface area contributed by atoms with E-state index in [1.807, 2.05) is 54.6 Å². The molecule has 4 heteroatoms. The molecule has 0 aliphatic rings. The van der Waals surface area contributed by atoms with Gasteiger partial charge in [-0.15, -0.1) is 0 Å². The normalized spacial score (nSPS) is 10.5. The van der Waals surface area contributed by atoms with Crippen molar-refractivity contribution in [3.05, 3.63) is 82.8 Å². The van der Waals surface area contributed by atoms with Crippen molar-refractivity contribution in [3.8, 4) is 0 Å². The summed E-state index contributed by atoms with van der Waals surface area (Å²) in [7, 11) is 0. The fourth-order valence-corrected chi connectivity index (χ4v) is 2.36. The zero-order valence-electron chi connectivity index (χ0n) is 12.0. The molecule has 3 aromatic rings. The van der Waals surface area contributed by atoms with Crippen LogP contribution in [0, 0.1) is 0 Å². The number of hydrogen-bond acceptors (Lipinski definition) is 2. The van der Waals surface area contributed by atoms with Gasteiger partial charge in [0.25, 0.3) is 5.56 Å². The quantitative estimate of drug-likeness (QED) is 0.802. The summed E-state index contributed by atoms with van der Waals surface area (Å²) in [5.41, 5.74) is 0.884. The Morgan fingerprint density at radius 2 is 1.68 bits per heavy atom. The summed E-state index contributed by atoms with van der Waals surface area (Å²) in [6, 6.07) is 18.9. The Hall–Kier alpha value is -2.88. The van der Waals surface area contributed by atoms with Gasteiger partial charge in [-0.05, 0) is 23.1 Å². The first kappa shape index (κ1) is 14.1. The number of pyridine rings is 1. The van der Waals surface area contributed by atoms with Crippen LogP contribution in [-0.4, -0.2) is 10.5 Å². The van der Waals surface area contributed by atoms with Gasteiger partial charge in [0.15, 0.2) is 0 Å². The smallest absolute Gasteiger partial charge is 0.258 e. The first-order valence-electron chi connectivity index (χ1n) is 7.13. The molecule has 22 heavy (non-hydrogen) atoms. The highest BCUT2D eigenvalue weighted by Gasteiger charge is 2.06. The molecule has 0 aliphatic heterocycles. The molecular formula is C18H16N2O2. The lowest BCUT2D eigenvalue weighted by Crippen LogP contribution is -2.31. The van der Waals surface area contributed by atoms with E-state index in [2.05, 4.69) is 5.32 Å². The third kappa shape index (κ3) is 3.06. The monoisotopic (exact) mass is 292 g/mol. The molecule has 4 nitrogen and oxygen atoms in total. The highest BCUT2D eigenvalue weighted by molar-refractivity contribution is 5.82. The van der Waals surface area contributed by atoms with Crippen LogP contribution in [0.1, 0.15) is 5.56 Å². The van der Waals surface area contributed by atoms with Crippen LogP contribution in [0.3, 0.4) is 0 Å². The number of rotatable bonds is 4. The van der Waals surface area contributed by atoms with Crippen LogP contribution in [0.5, 0.6) is 0 Å². The van der Waals surface area contributed by atoms with E-state index in [4.69, 9.17) is 0 Å². The van der Waals surface area contributed by atoms with E-state index >= 15 is 0 Å². The second-order valence-electron chi connectivity index (χ2n) is 5.10. The van der Waals surface area contributed by atoms with E-state index in [0.29, 0.717) is 11.9 Å². The average Bonchev–Trinajstić information content (AvgIpc) is 2.57. The molecule has 0 saturated heterocycles. The van der Waals surface area contributed by atoms with E-state index in [-0.39, 0.29) is 18.0 Å². The van der Waals surface area contributed by atoms with Gasteiger partial charge in [-0.2, -0.15) is 0 Å². The van der Waals surface area contributed by atoms with Gasteiger partial charge in [0.05, 0.1) is 0 Å². The predicted molar refractivity (Wildman–Crippen MR) is 86.5 cm³/mol. The molecule has 110 valence electrons. The average molecular weight is 292 g/mol. The first-order valence-corrected chi connectivity index (χ1v) is 7.13. The first-order chi connectivity index (χ1) is 10.7. The third-order valence-corrected chi connectivity index (χ3v) is 3.53. The van der Waals surface area contributed by atoms with Crippen LogP contribution >= 0.6 is 0 Å². The Kier molecular flexibility index (Phi) is 4.01. The largest absolute Gasteiger partial charge is 0.350 e. The molecular weight excluding hydrogens is 276 g/mol. The Labute approximate surface area is 128 Å². The lowest BCUT2D eigenvalue weighted by Gasteiger charge is -2.08. The second-order valence-corrected chi connectivity index (χ2v) is 5.10. The fraction of sp³-hybridized carbons (Fsp3) is 0.111. The van der Waals surface area contributed by atoms with Crippen LogP contribution in [0.2, 0.25) is 0 Å². The molecule has 0 spiro atoms. The number of fused-ring (bicyclic) bond motifs is 1. The molecule has 0 aliphatic carbocycles. The van der Waals surface area contributed by atoms with Crippen molar-refractivity contribution in [2.24, 2.45) is 0 Å². The van der Waals surface area contributed by atoms with Crippen molar-refractivity contribution < 1.29 is 4.79 Å². The van der Waals surface area contributed by atoms with Crippen molar-refractivity contribution in [2.75, 3.05) is 0 Å². The van der Waals surface area contributed by atoms with Gasteiger partial charge in [-0.1, -0.05) is 48.5 Å². The standard InChI is InChI=1S/C18H16N2O2/c21-17(19-12-14-6-2-1-3-7-14)13-20-11-10-15-8-4-5-9-16(15)18(20)22/h1-11H,12-13H2,(H,19,21). The van der Waals surface area contributed by atoms with Crippen LogP contribution in [0.15, 0.2) is 71.7 Å². The Bertz CT molecular complexity index is 854. The maximum absolute atomic E-state index is 12.3. The van der Waals surface area contributed by atoms with Crippen LogP contribution in [-0.2, 0) is 17.9 Å². The molecule has 1 amide bonds. The molecule has 1 aromatic heterocycles. The molecule has 2 aromatic carbocycles. The van der Waals surface area contributed by atoms with Gasteiger partial charge in [-0.3, -0.25) is 9.59 Å². The van der Waals surface area contributed by atoms with E-state index < -0.39 is 0 Å².